The molecule has 12 heteroatoms. The smallest absolute Gasteiger partial charge is 0.283 e. The van der Waals surface area contributed by atoms with E-state index in [4.69, 9.17) is 0 Å². The van der Waals surface area contributed by atoms with Crippen LogP contribution in [0.1, 0.15) is 31.9 Å². The van der Waals surface area contributed by atoms with Crippen molar-refractivity contribution in [1.82, 2.24) is 14.6 Å². The SMILES string of the molecule is CCS(=O)(=O)N[C@@H]1[C@H](Cc2cccc(-c3cc(F)cc(F)c3)n2)N(C(=O)C2(O)CCC2)CC1(F)F. The van der Waals surface area contributed by atoms with Gasteiger partial charge in [0.1, 0.15) is 23.3 Å². The van der Waals surface area contributed by atoms with E-state index in [1.165, 1.54) is 25.1 Å². The molecule has 2 atom stereocenters. The Bertz CT molecular complexity index is 1220. The van der Waals surface area contributed by atoms with Gasteiger partial charge in [-0.2, -0.15) is 0 Å². The van der Waals surface area contributed by atoms with Crippen molar-refractivity contribution in [2.75, 3.05) is 12.3 Å². The predicted molar refractivity (Wildman–Crippen MR) is 119 cm³/mol. The molecule has 0 bridgehead atoms. The van der Waals surface area contributed by atoms with Crippen molar-refractivity contribution in [2.24, 2.45) is 0 Å². The highest BCUT2D eigenvalue weighted by atomic mass is 32.2. The maximum absolute atomic E-state index is 15.1. The second kappa shape index (κ2) is 9.14. The Labute approximate surface area is 200 Å². The summed E-state index contributed by atoms with van der Waals surface area (Å²) >= 11 is 0. The topological polar surface area (TPSA) is 99.6 Å². The van der Waals surface area contributed by atoms with Gasteiger partial charge < -0.3 is 10.0 Å². The van der Waals surface area contributed by atoms with Crippen LogP contribution in [-0.4, -0.2) is 65.2 Å². The Hall–Kier alpha value is -2.57. The van der Waals surface area contributed by atoms with E-state index >= 15 is 8.78 Å². The number of amides is 1. The molecule has 2 aliphatic rings. The normalized spacial score (nSPS) is 23.2. The molecule has 35 heavy (non-hydrogen) atoms. The van der Waals surface area contributed by atoms with Crippen LogP contribution in [0.5, 0.6) is 0 Å². The molecule has 1 aromatic heterocycles. The third kappa shape index (κ3) is 5.19. The van der Waals surface area contributed by atoms with Crippen LogP contribution in [-0.2, 0) is 21.2 Å². The van der Waals surface area contributed by atoms with Crippen LogP contribution in [0.15, 0.2) is 36.4 Å². The molecule has 4 rings (SSSR count). The number of aromatic nitrogens is 1. The first-order chi connectivity index (χ1) is 16.3. The Morgan fingerprint density at radius 2 is 1.86 bits per heavy atom. The minimum absolute atomic E-state index is 0.126. The summed E-state index contributed by atoms with van der Waals surface area (Å²) in [6, 6.07) is 4.03. The number of pyridine rings is 1. The number of aliphatic hydroxyl groups is 1. The highest BCUT2D eigenvalue weighted by Gasteiger charge is 2.60. The van der Waals surface area contributed by atoms with Crippen LogP contribution in [0.4, 0.5) is 17.6 Å². The monoisotopic (exact) mass is 515 g/mol. The Balaban J connectivity index is 1.70. The first-order valence-corrected chi connectivity index (χ1v) is 12.8. The minimum Gasteiger partial charge on any atom is -0.380 e. The molecule has 1 saturated carbocycles. The van der Waals surface area contributed by atoms with Gasteiger partial charge in [-0.3, -0.25) is 9.78 Å². The van der Waals surface area contributed by atoms with Gasteiger partial charge in [0.25, 0.3) is 11.8 Å². The molecule has 2 N–H and O–H groups in total. The first kappa shape index (κ1) is 25.5. The second-order valence-electron chi connectivity index (χ2n) is 9.02. The van der Waals surface area contributed by atoms with Crippen molar-refractivity contribution in [1.29, 1.82) is 0 Å². The fraction of sp³-hybridized carbons (Fsp3) is 0.478. The van der Waals surface area contributed by atoms with Gasteiger partial charge in [0.05, 0.1) is 24.0 Å². The molecule has 2 heterocycles. The summed E-state index contributed by atoms with van der Waals surface area (Å²) in [5.74, 6) is -6.56. The second-order valence-corrected chi connectivity index (χ2v) is 11.1. The van der Waals surface area contributed by atoms with Gasteiger partial charge in [-0.1, -0.05) is 6.07 Å². The Morgan fingerprint density at radius 3 is 2.43 bits per heavy atom. The zero-order chi connectivity index (χ0) is 25.6. The molecule has 1 aromatic carbocycles. The van der Waals surface area contributed by atoms with Crippen molar-refractivity contribution in [3.63, 3.8) is 0 Å². The molecule has 1 aliphatic carbocycles. The number of carbonyl (C=O) groups excluding carboxylic acids is 1. The van der Waals surface area contributed by atoms with E-state index in [1.54, 1.807) is 0 Å². The maximum atomic E-state index is 15.1. The molecule has 0 radical (unpaired) electrons. The third-order valence-corrected chi connectivity index (χ3v) is 7.90. The van der Waals surface area contributed by atoms with E-state index in [1.807, 2.05) is 4.72 Å². The van der Waals surface area contributed by atoms with Gasteiger partial charge >= 0.3 is 0 Å². The summed E-state index contributed by atoms with van der Waals surface area (Å²) in [5.41, 5.74) is -1.26. The molecular weight excluding hydrogens is 490 g/mol. The fourth-order valence-corrected chi connectivity index (χ4v) is 5.34. The molecule has 7 nitrogen and oxygen atoms in total. The van der Waals surface area contributed by atoms with Crippen LogP contribution < -0.4 is 4.72 Å². The molecule has 1 aliphatic heterocycles. The zero-order valence-electron chi connectivity index (χ0n) is 18.8. The first-order valence-electron chi connectivity index (χ1n) is 11.2. The summed E-state index contributed by atoms with van der Waals surface area (Å²) in [7, 11) is -4.07. The van der Waals surface area contributed by atoms with Crippen molar-refractivity contribution in [3.05, 3.63) is 53.7 Å². The number of sulfonamides is 1. The van der Waals surface area contributed by atoms with E-state index in [-0.39, 0.29) is 36.2 Å². The highest BCUT2D eigenvalue weighted by Crippen LogP contribution is 2.40. The van der Waals surface area contributed by atoms with Gasteiger partial charge in [0.15, 0.2) is 0 Å². The van der Waals surface area contributed by atoms with Crippen LogP contribution in [0.3, 0.4) is 0 Å². The number of benzene rings is 1. The molecule has 0 unspecified atom stereocenters. The van der Waals surface area contributed by atoms with Crippen LogP contribution >= 0.6 is 0 Å². The molecule has 1 amide bonds. The van der Waals surface area contributed by atoms with Gasteiger partial charge in [-0.15, -0.1) is 0 Å². The molecule has 2 aromatic rings. The number of hydrogen-bond donors (Lipinski definition) is 2. The van der Waals surface area contributed by atoms with Gasteiger partial charge in [-0.25, -0.2) is 30.7 Å². The standard InChI is InChI=1S/C23H25F4N3O4S/c1-2-35(33,34)29-20-19(30(13-23(20,26)27)21(31)22(32)7-4-8-22)12-17-5-3-6-18(28-17)14-9-15(24)11-16(25)10-14/h3,5-6,9-11,19-20,29,32H,2,4,7-8,12-13H2,1H3/t19-,20+/m0/s1. The number of nitrogens with one attached hydrogen (secondary N) is 1. The Morgan fingerprint density at radius 1 is 1.20 bits per heavy atom. The summed E-state index contributed by atoms with van der Waals surface area (Å²) in [6.45, 7) is 0.234. The number of rotatable bonds is 7. The van der Waals surface area contributed by atoms with Crippen molar-refractivity contribution in [3.8, 4) is 11.3 Å². The lowest BCUT2D eigenvalue weighted by Crippen LogP contribution is -2.57. The summed E-state index contributed by atoms with van der Waals surface area (Å²) in [4.78, 5) is 18.2. The highest BCUT2D eigenvalue weighted by molar-refractivity contribution is 7.89. The van der Waals surface area contributed by atoms with E-state index in [0.29, 0.717) is 12.5 Å². The van der Waals surface area contributed by atoms with Gasteiger partial charge in [0, 0.05) is 23.7 Å². The van der Waals surface area contributed by atoms with E-state index in [0.717, 1.165) is 17.0 Å². The Kier molecular flexibility index (Phi) is 6.66. The fourth-order valence-electron chi connectivity index (χ4n) is 4.46. The number of alkyl halides is 2. The summed E-state index contributed by atoms with van der Waals surface area (Å²) in [6.07, 6.45) is 0.548. The quantitative estimate of drug-likeness (QED) is 0.553. The minimum atomic E-state index is -4.07. The summed E-state index contributed by atoms with van der Waals surface area (Å²) in [5, 5.41) is 10.5. The van der Waals surface area contributed by atoms with Crippen LogP contribution in [0.2, 0.25) is 0 Å². The number of carbonyl (C=O) groups is 1. The molecule has 190 valence electrons. The lowest BCUT2D eigenvalue weighted by atomic mass is 9.79. The number of hydrogen-bond acceptors (Lipinski definition) is 5. The molecule has 0 spiro atoms. The lowest BCUT2D eigenvalue weighted by Gasteiger charge is -2.40. The van der Waals surface area contributed by atoms with Gasteiger partial charge in [-0.05, 0) is 50.5 Å². The van der Waals surface area contributed by atoms with E-state index < -0.39 is 63.5 Å². The van der Waals surface area contributed by atoms with Crippen molar-refractivity contribution >= 4 is 15.9 Å². The molecule has 2 fully saturated rings. The van der Waals surface area contributed by atoms with Gasteiger partial charge in [0.2, 0.25) is 10.0 Å². The zero-order valence-corrected chi connectivity index (χ0v) is 19.7. The third-order valence-electron chi connectivity index (χ3n) is 6.53. The van der Waals surface area contributed by atoms with Crippen molar-refractivity contribution in [2.45, 2.75) is 56.2 Å². The summed E-state index contributed by atoms with van der Waals surface area (Å²) < 4.78 is 83.9. The van der Waals surface area contributed by atoms with Crippen molar-refractivity contribution < 1.29 is 35.9 Å². The van der Waals surface area contributed by atoms with Crippen LogP contribution in [0, 0.1) is 11.6 Å². The van der Waals surface area contributed by atoms with E-state index in [2.05, 4.69) is 4.98 Å². The number of halogens is 4. The number of nitrogens with zero attached hydrogens (tertiary/aromatic N) is 2. The molecule has 1 saturated heterocycles. The van der Waals surface area contributed by atoms with E-state index in [9.17, 15) is 27.1 Å². The molecular formula is C23H25F4N3O4S. The largest absolute Gasteiger partial charge is 0.380 e. The van der Waals surface area contributed by atoms with Crippen LogP contribution in [0.25, 0.3) is 11.3 Å². The average Bonchev–Trinajstić information content (AvgIpc) is 3.00. The number of likely N-dealkylation sites (tertiary alicyclic amines) is 1. The lowest BCUT2D eigenvalue weighted by molar-refractivity contribution is -0.162. The average molecular weight is 516 g/mol. The maximum Gasteiger partial charge on any atom is 0.283 e. The predicted octanol–water partition coefficient (Wildman–Crippen LogP) is 2.64.